The molecular formula is C22H27BrClN3O3. The van der Waals surface area contributed by atoms with Crippen molar-refractivity contribution in [2.24, 2.45) is 0 Å². The number of carbonyl (C=O) groups is 1. The maximum Gasteiger partial charge on any atom is 0.410 e. The number of benzene rings is 1. The molecule has 30 heavy (non-hydrogen) atoms. The number of hydrogen-bond acceptors (Lipinski definition) is 5. The van der Waals surface area contributed by atoms with Crippen LogP contribution in [0.5, 0.6) is 0 Å². The van der Waals surface area contributed by atoms with E-state index in [-0.39, 0.29) is 18.2 Å². The van der Waals surface area contributed by atoms with Crippen molar-refractivity contribution in [1.29, 1.82) is 0 Å². The summed E-state index contributed by atoms with van der Waals surface area (Å²) in [6.07, 6.45) is -0.346. The predicted octanol–water partition coefficient (Wildman–Crippen LogP) is 4.96. The van der Waals surface area contributed by atoms with Crippen molar-refractivity contribution < 1.29 is 14.3 Å². The molecule has 0 radical (unpaired) electrons. The molecule has 1 amide bonds. The fourth-order valence-electron chi connectivity index (χ4n) is 3.43. The largest absolute Gasteiger partial charge is 0.444 e. The van der Waals surface area contributed by atoms with Gasteiger partial charge in [0.1, 0.15) is 15.4 Å². The topological polar surface area (TPSA) is 63.7 Å². The number of nitrogens with zero attached hydrogens (tertiary/aromatic N) is 2. The van der Waals surface area contributed by atoms with Crippen molar-refractivity contribution in [1.82, 2.24) is 15.2 Å². The number of aromatic nitrogens is 1. The predicted molar refractivity (Wildman–Crippen MR) is 121 cm³/mol. The smallest absolute Gasteiger partial charge is 0.410 e. The monoisotopic (exact) mass is 495 g/mol. The molecule has 1 fully saturated rings. The Balaban J connectivity index is 1.82. The molecule has 162 valence electrons. The Kier molecular flexibility index (Phi) is 7.74. The van der Waals surface area contributed by atoms with E-state index in [9.17, 15) is 4.79 Å². The van der Waals surface area contributed by atoms with E-state index in [1.165, 1.54) is 0 Å². The van der Waals surface area contributed by atoms with Crippen molar-refractivity contribution >= 4 is 33.6 Å². The molecule has 2 aromatic rings. The zero-order valence-corrected chi connectivity index (χ0v) is 19.7. The fourth-order valence-corrected chi connectivity index (χ4v) is 4.20. The molecule has 8 heteroatoms. The lowest BCUT2D eigenvalue weighted by Gasteiger charge is -2.42. The van der Waals surface area contributed by atoms with Gasteiger partial charge in [-0.1, -0.05) is 41.9 Å². The molecular weight excluding hydrogens is 470 g/mol. The molecule has 1 saturated heterocycles. The molecule has 0 bridgehead atoms. The van der Waals surface area contributed by atoms with Crippen molar-refractivity contribution in [2.45, 2.75) is 45.1 Å². The van der Waals surface area contributed by atoms with E-state index in [0.29, 0.717) is 36.1 Å². The van der Waals surface area contributed by atoms with Crippen LogP contribution in [-0.2, 0) is 16.1 Å². The molecule has 1 aromatic heterocycles. The first-order valence-electron chi connectivity index (χ1n) is 9.90. The highest BCUT2D eigenvalue weighted by Gasteiger charge is 2.37. The Morgan fingerprint density at radius 3 is 2.70 bits per heavy atom. The number of rotatable bonds is 5. The van der Waals surface area contributed by atoms with Crippen LogP contribution in [0.1, 0.15) is 37.9 Å². The van der Waals surface area contributed by atoms with Crippen LogP contribution < -0.4 is 5.32 Å². The summed E-state index contributed by atoms with van der Waals surface area (Å²) in [4.78, 5) is 18.9. The Hall–Kier alpha value is -1.67. The van der Waals surface area contributed by atoms with E-state index in [2.05, 4.69) is 26.2 Å². The summed E-state index contributed by atoms with van der Waals surface area (Å²) < 4.78 is 12.3. The molecule has 0 aliphatic carbocycles. The van der Waals surface area contributed by atoms with Crippen LogP contribution in [-0.4, -0.2) is 47.3 Å². The maximum absolute atomic E-state index is 12.9. The first kappa shape index (κ1) is 23.0. The lowest BCUT2D eigenvalue weighted by Crippen LogP contribution is -2.57. The average molecular weight is 497 g/mol. The summed E-state index contributed by atoms with van der Waals surface area (Å²) in [7, 11) is 0. The van der Waals surface area contributed by atoms with Crippen LogP contribution in [0.2, 0.25) is 5.15 Å². The molecule has 2 atom stereocenters. The van der Waals surface area contributed by atoms with Gasteiger partial charge in [-0.3, -0.25) is 4.90 Å². The van der Waals surface area contributed by atoms with Gasteiger partial charge in [-0.2, -0.15) is 0 Å². The third-order valence-electron chi connectivity index (χ3n) is 4.67. The van der Waals surface area contributed by atoms with Crippen molar-refractivity contribution in [3.8, 4) is 0 Å². The second-order valence-corrected chi connectivity index (χ2v) is 9.42. The highest BCUT2D eigenvalue weighted by Crippen LogP contribution is 2.29. The lowest BCUT2D eigenvalue weighted by molar-refractivity contribution is -0.0173. The Bertz CT molecular complexity index is 840. The van der Waals surface area contributed by atoms with Gasteiger partial charge in [-0.25, -0.2) is 9.78 Å². The highest BCUT2D eigenvalue weighted by atomic mass is 79.9. The number of nitrogens with one attached hydrogen (secondary N) is 1. The van der Waals surface area contributed by atoms with Gasteiger partial charge in [0.15, 0.2) is 0 Å². The molecule has 2 heterocycles. The molecule has 1 aliphatic heterocycles. The first-order chi connectivity index (χ1) is 14.2. The van der Waals surface area contributed by atoms with Gasteiger partial charge in [0.2, 0.25) is 0 Å². The third kappa shape index (κ3) is 6.41. The summed E-state index contributed by atoms with van der Waals surface area (Å²) in [6, 6.07) is 13.3. The zero-order valence-electron chi connectivity index (χ0n) is 17.4. The van der Waals surface area contributed by atoms with Gasteiger partial charge in [0, 0.05) is 13.1 Å². The minimum atomic E-state index is -0.574. The van der Waals surface area contributed by atoms with Gasteiger partial charge < -0.3 is 14.8 Å². The number of halogens is 2. The van der Waals surface area contributed by atoms with Crippen LogP contribution in [0.15, 0.2) is 47.1 Å². The SMILES string of the molecule is CC(C)(C)OC(=O)N1CCNC(c2cc(Cl)nc(Br)c2)C1COCc1ccccc1. The number of pyridine rings is 1. The van der Waals surface area contributed by atoms with Gasteiger partial charge in [-0.15, -0.1) is 0 Å². The lowest BCUT2D eigenvalue weighted by atomic mass is 9.97. The molecule has 2 unspecified atom stereocenters. The quantitative estimate of drug-likeness (QED) is 0.593. The summed E-state index contributed by atoms with van der Waals surface area (Å²) >= 11 is 9.59. The van der Waals surface area contributed by atoms with Crippen LogP contribution in [0.25, 0.3) is 0 Å². The molecule has 1 N–H and O–H groups in total. The minimum absolute atomic E-state index is 0.168. The van der Waals surface area contributed by atoms with Gasteiger partial charge in [0.05, 0.1) is 25.3 Å². The van der Waals surface area contributed by atoms with Crippen molar-refractivity contribution in [3.63, 3.8) is 0 Å². The molecule has 3 rings (SSSR count). The summed E-state index contributed by atoms with van der Waals surface area (Å²) in [5.74, 6) is 0. The fraction of sp³-hybridized carbons (Fsp3) is 0.455. The Morgan fingerprint density at radius 2 is 2.03 bits per heavy atom. The van der Waals surface area contributed by atoms with E-state index in [1.807, 2.05) is 63.2 Å². The summed E-state index contributed by atoms with van der Waals surface area (Å²) in [5.41, 5.74) is 1.44. The zero-order chi connectivity index (χ0) is 21.7. The number of piperazine rings is 1. The minimum Gasteiger partial charge on any atom is -0.444 e. The van der Waals surface area contributed by atoms with Crippen molar-refractivity contribution in [3.05, 3.63) is 63.3 Å². The van der Waals surface area contributed by atoms with Gasteiger partial charge in [-0.05, 0) is 60.0 Å². The van der Waals surface area contributed by atoms with E-state index < -0.39 is 5.60 Å². The first-order valence-corrected chi connectivity index (χ1v) is 11.1. The molecule has 0 saturated carbocycles. The maximum atomic E-state index is 12.9. The molecule has 1 aromatic carbocycles. The standard InChI is InChI=1S/C22H27BrClN3O3/c1-22(2,3)30-21(28)27-10-9-25-20(16-11-18(23)26-19(24)12-16)17(27)14-29-13-15-7-5-4-6-8-15/h4-8,11-12,17,20,25H,9-10,13-14H2,1-3H3. The summed E-state index contributed by atoms with van der Waals surface area (Å²) in [6.45, 7) is 7.58. The normalized spacial score (nSPS) is 19.6. The second-order valence-electron chi connectivity index (χ2n) is 8.22. The molecule has 1 aliphatic rings. The third-order valence-corrected chi connectivity index (χ3v) is 5.27. The van der Waals surface area contributed by atoms with Gasteiger partial charge >= 0.3 is 6.09 Å². The van der Waals surface area contributed by atoms with Crippen LogP contribution >= 0.6 is 27.5 Å². The van der Waals surface area contributed by atoms with Crippen molar-refractivity contribution in [2.75, 3.05) is 19.7 Å². The van der Waals surface area contributed by atoms with Crippen LogP contribution in [0.4, 0.5) is 4.79 Å². The van der Waals surface area contributed by atoms with E-state index in [4.69, 9.17) is 21.1 Å². The van der Waals surface area contributed by atoms with Gasteiger partial charge in [0.25, 0.3) is 0 Å². The number of ether oxygens (including phenoxy) is 2. The number of hydrogen-bond donors (Lipinski definition) is 1. The van der Waals surface area contributed by atoms with E-state index in [0.717, 1.165) is 11.1 Å². The number of carbonyl (C=O) groups excluding carboxylic acids is 1. The van der Waals surface area contributed by atoms with E-state index >= 15 is 0 Å². The molecule has 0 spiro atoms. The number of amides is 1. The van der Waals surface area contributed by atoms with E-state index in [1.54, 1.807) is 4.90 Å². The second kappa shape index (κ2) is 10.1. The Morgan fingerprint density at radius 1 is 1.30 bits per heavy atom. The average Bonchev–Trinajstić information content (AvgIpc) is 2.66. The highest BCUT2D eigenvalue weighted by molar-refractivity contribution is 9.10. The molecule has 6 nitrogen and oxygen atoms in total. The summed E-state index contributed by atoms with van der Waals surface area (Å²) in [5, 5.41) is 3.89. The van der Waals surface area contributed by atoms with Crippen LogP contribution in [0, 0.1) is 0 Å². The van der Waals surface area contributed by atoms with Crippen LogP contribution in [0.3, 0.4) is 0 Å². The Labute approximate surface area is 191 Å².